The van der Waals surface area contributed by atoms with Crippen LogP contribution in [0.5, 0.6) is 0 Å². The van der Waals surface area contributed by atoms with Crippen molar-refractivity contribution in [2.24, 2.45) is 5.73 Å². The molecule has 0 aliphatic rings. The number of benzene rings is 1. The molecule has 1 aromatic carbocycles. The molecule has 3 N–H and O–H groups in total. The molecule has 1 heterocycles. The second-order valence-electron chi connectivity index (χ2n) is 5.28. The molecule has 0 unspecified atom stereocenters. The molecule has 122 valence electrons. The van der Waals surface area contributed by atoms with Crippen molar-refractivity contribution in [2.45, 2.75) is 25.7 Å². The number of amides is 2. The van der Waals surface area contributed by atoms with Crippen molar-refractivity contribution in [3.8, 4) is 0 Å². The maximum Gasteiger partial charge on any atom is 0.407 e. The van der Waals surface area contributed by atoms with Crippen LogP contribution in [0.1, 0.15) is 25.0 Å². The topological polar surface area (TPSA) is 94.3 Å². The van der Waals surface area contributed by atoms with Crippen molar-refractivity contribution >= 4 is 22.9 Å². The largest absolute Gasteiger partial charge is 0.439 e. The molecule has 0 bridgehead atoms. The molecule has 6 heteroatoms. The van der Waals surface area contributed by atoms with Gasteiger partial charge in [0, 0.05) is 17.6 Å². The van der Waals surface area contributed by atoms with E-state index < -0.39 is 12.0 Å². The van der Waals surface area contributed by atoms with Crippen LogP contribution in [0.2, 0.25) is 0 Å². The molecule has 2 rings (SSSR count). The van der Waals surface area contributed by atoms with E-state index in [2.05, 4.69) is 33.2 Å². The van der Waals surface area contributed by atoms with E-state index in [1.54, 1.807) is 0 Å². The lowest BCUT2D eigenvalue weighted by Gasteiger charge is -2.06. The van der Waals surface area contributed by atoms with Crippen molar-refractivity contribution in [1.29, 1.82) is 0 Å². The summed E-state index contributed by atoms with van der Waals surface area (Å²) in [5.74, 6) is -0.664. The second kappa shape index (κ2) is 8.73. The quantitative estimate of drug-likeness (QED) is 0.730. The Labute approximate surface area is 135 Å². The zero-order chi connectivity index (χ0) is 16.5. The molecule has 0 spiro atoms. The summed E-state index contributed by atoms with van der Waals surface area (Å²) < 4.78 is 4.59. The molecule has 2 amide bonds. The lowest BCUT2D eigenvalue weighted by atomic mass is 10.1. The number of pyridine rings is 1. The number of para-hydroxylation sites is 1. The molecule has 23 heavy (non-hydrogen) atoms. The van der Waals surface area contributed by atoms with Gasteiger partial charge in [-0.15, -0.1) is 0 Å². The molecule has 0 fully saturated rings. The normalized spacial score (nSPS) is 10.4. The van der Waals surface area contributed by atoms with E-state index in [-0.39, 0.29) is 6.61 Å². The number of hydrogen-bond donors (Lipinski definition) is 2. The summed E-state index contributed by atoms with van der Waals surface area (Å²) in [6.07, 6.45) is 3.13. The molecule has 0 aliphatic carbocycles. The first-order valence-corrected chi connectivity index (χ1v) is 7.69. The van der Waals surface area contributed by atoms with Crippen molar-refractivity contribution < 1.29 is 14.3 Å². The van der Waals surface area contributed by atoms with Gasteiger partial charge in [-0.3, -0.25) is 9.78 Å². The van der Waals surface area contributed by atoms with Crippen LogP contribution in [0.3, 0.4) is 0 Å². The Morgan fingerprint density at radius 2 is 1.91 bits per heavy atom. The highest BCUT2D eigenvalue weighted by Gasteiger charge is 2.03. The molecule has 0 radical (unpaired) electrons. The summed E-state index contributed by atoms with van der Waals surface area (Å²) in [6, 6.07) is 12.2. The van der Waals surface area contributed by atoms with E-state index in [1.807, 2.05) is 18.2 Å². The summed E-state index contributed by atoms with van der Waals surface area (Å²) in [5.41, 5.74) is 6.97. The number of carbonyl (C=O) groups excluding carboxylic acids is 2. The number of ether oxygens (including phenoxy) is 1. The van der Waals surface area contributed by atoms with Gasteiger partial charge in [0.2, 0.25) is 0 Å². The van der Waals surface area contributed by atoms with Gasteiger partial charge in [0.1, 0.15) is 0 Å². The van der Waals surface area contributed by atoms with Gasteiger partial charge in [-0.2, -0.15) is 0 Å². The average molecular weight is 315 g/mol. The summed E-state index contributed by atoms with van der Waals surface area (Å²) in [6.45, 7) is 0.127. The molecule has 0 atom stereocenters. The Balaban J connectivity index is 1.61. The zero-order valence-corrected chi connectivity index (χ0v) is 13.0. The number of fused-ring (bicyclic) bond motifs is 1. The third-order valence-corrected chi connectivity index (χ3v) is 3.38. The van der Waals surface area contributed by atoms with Gasteiger partial charge < -0.3 is 15.8 Å². The van der Waals surface area contributed by atoms with E-state index >= 15 is 0 Å². The van der Waals surface area contributed by atoms with Gasteiger partial charge in [-0.05, 0) is 31.4 Å². The van der Waals surface area contributed by atoms with Gasteiger partial charge in [-0.1, -0.05) is 30.7 Å². The third kappa shape index (κ3) is 5.94. The molecule has 2 aromatic rings. The van der Waals surface area contributed by atoms with E-state index in [0.29, 0.717) is 6.54 Å². The number of rotatable bonds is 8. The van der Waals surface area contributed by atoms with Gasteiger partial charge in [-0.25, -0.2) is 4.79 Å². The summed E-state index contributed by atoms with van der Waals surface area (Å²) in [5, 5.41) is 3.72. The molecular formula is C17H21N3O3. The van der Waals surface area contributed by atoms with Crippen LogP contribution in [0.4, 0.5) is 4.79 Å². The molecule has 6 nitrogen and oxygen atoms in total. The minimum absolute atomic E-state index is 0.389. The maximum absolute atomic E-state index is 11.2. The Hall–Kier alpha value is -2.63. The highest BCUT2D eigenvalue weighted by molar-refractivity contribution is 5.78. The van der Waals surface area contributed by atoms with Crippen LogP contribution in [-0.2, 0) is 16.0 Å². The van der Waals surface area contributed by atoms with Crippen LogP contribution in [-0.4, -0.2) is 30.1 Å². The number of nitrogens with one attached hydrogen (secondary N) is 1. The molecule has 0 saturated heterocycles. The van der Waals surface area contributed by atoms with Gasteiger partial charge >= 0.3 is 6.09 Å². The monoisotopic (exact) mass is 315 g/mol. The second-order valence-corrected chi connectivity index (χ2v) is 5.28. The number of carbonyl (C=O) groups is 2. The number of aryl methyl sites for hydroxylation is 1. The van der Waals surface area contributed by atoms with Crippen LogP contribution < -0.4 is 11.1 Å². The Kier molecular flexibility index (Phi) is 6.35. The number of nitrogens with zero attached hydrogens (tertiary/aromatic N) is 1. The minimum atomic E-state index is -0.664. The first-order valence-electron chi connectivity index (χ1n) is 7.69. The van der Waals surface area contributed by atoms with Gasteiger partial charge in [0.25, 0.3) is 5.91 Å². The SMILES string of the molecule is NC(=O)COC(=O)NCCCCCc1ccc2ccccc2n1. The Morgan fingerprint density at radius 1 is 1.09 bits per heavy atom. The van der Waals surface area contributed by atoms with Crippen LogP contribution >= 0.6 is 0 Å². The average Bonchev–Trinajstić information content (AvgIpc) is 2.56. The van der Waals surface area contributed by atoms with Crippen molar-refractivity contribution in [3.63, 3.8) is 0 Å². The number of primary amides is 1. The first kappa shape index (κ1) is 16.7. The van der Waals surface area contributed by atoms with Crippen molar-refractivity contribution in [2.75, 3.05) is 13.2 Å². The molecule has 0 aliphatic heterocycles. The highest BCUT2D eigenvalue weighted by Crippen LogP contribution is 2.13. The zero-order valence-electron chi connectivity index (χ0n) is 13.0. The standard InChI is InChI=1S/C17H21N3O3/c18-16(21)12-23-17(22)19-11-5-1-2-7-14-10-9-13-6-3-4-8-15(13)20-14/h3-4,6,8-10H,1-2,5,7,11-12H2,(H2,18,21)(H,19,22). The van der Waals surface area contributed by atoms with Gasteiger partial charge in [0.05, 0.1) is 5.52 Å². The maximum atomic E-state index is 11.2. The van der Waals surface area contributed by atoms with E-state index in [9.17, 15) is 9.59 Å². The first-order chi connectivity index (χ1) is 11.1. The third-order valence-electron chi connectivity index (χ3n) is 3.38. The van der Waals surface area contributed by atoms with Crippen molar-refractivity contribution in [1.82, 2.24) is 10.3 Å². The predicted molar refractivity (Wildman–Crippen MR) is 87.8 cm³/mol. The Bertz CT molecular complexity index is 673. The fourth-order valence-electron chi connectivity index (χ4n) is 2.23. The molecule has 0 saturated carbocycles. The number of aromatic nitrogens is 1. The van der Waals surface area contributed by atoms with E-state index in [1.165, 1.54) is 0 Å². The minimum Gasteiger partial charge on any atom is -0.439 e. The van der Waals surface area contributed by atoms with Crippen LogP contribution in [0.15, 0.2) is 36.4 Å². The number of hydrogen-bond acceptors (Lipinski definition) is 4. The van der Waals surface area contributed by atoms with Crippen LogP contribution in [0, 0.1) is 0 Å². The highest BCUT2D eigenvalue weighted by atomic mass is 16.6. The van der Waals surface area contributed by atoms with Gasteiger partial charge in [0.15, 0.2) is 6.61 Å². The summed E-state index contributed by atoms with van der Waals surface area (Å²) >= 11 is 0. The van der Waals surface area contributed by atoms with Crippen molar-refractivity contribution in [3.05, 3.63) is 42.1 Å². The molecule has 1 aromatic heterocycles. The fraction of sp³-hybridized carbons (Fsp3) is 0.353. The fourth-order valence-corrected chi connectivity index (χ4v) is 2.23. The number of unbranched alkanes of at least 4 members (excludes halogenated alkanes) is 2. The molecular weight excluding hydrogens is 294 g/mol. The van der Waals surface area contributed by atoms with E-state index in [4.69, 9.17) is 5.73 Å². The smallest absolute Gasteiger partial charge is 0.407 e. The number of nitrogens with two attached hydrogens (primary N) is 1. The predicted octanol–water partition coefficient (Wildman–Crippen LogP) is 2.16. The lowest BCUT2D eigenvalue weighted by Crippen LogP contribution is -2.29. The van der Waals surface area contributed by atoms with E-state index in [0.717, 1.165) is 42.3 Å². The Morgan fingerprint density at radius 3 is 2.74 bits per heavy atom. The summed E-state index contributed by atoms with van der Waals surface area (Å²) in [4.78, 5) is 26.3. The van der Waals surface area contributed by atoms with Crippen LogP contribution in [0.25, 0.3) is 10.9 Å². The summed E-state index contributed by atoms with van der Waals surface area (Å²) in [7, 11) is 0. The number of alkyl carbamates (subject to hydrolysis) is 1. The lowest BCUT2D eigenvalue weighted by molar-refractivity contribution is -0.120.